The van der Waals surface area contributed by atoms with Crippen LogP contribution in [0.5, 0.6) is 0 Å². The van der Waals surface area contributed by atoms with Crippen LogP contribution in [0.3, 0.4) is 0 Å². The minimum absolute atomic E-state index is 0. The molecule has 7 heteroatoms. The molecule has 1 saturated heterocycles. The van der Waals surface area contributed by atoms with E-state index < -0.39 is 0 Å². The molecule has 0 amide bonds. The Hall–Kier alpha value is -1.35. The van der Waals surface area contributed by atoms with Gasteiger partial charge in [0.2, 0.25) is 0 Å². The first-order valence-corrected chi connectivity index (χ1v) is 10.3. The number of hydrogen-bond donors (Lipinski definition) is 2. The molecule has 5 nitrogen and oxygen atoms in total. The Morgan fingerprint density at radius 1 is 1.00 bits per heavy atom. The molecule has 0 unspecified atom stereocenters. The third-order valence-electron chi connectivity index (χ3n) is 4.77. The van der Waals surface area contributed by atoms with Crippen LogP contribution in [0, 0.1) is 0 Å². The number of halogens is 2. The van der Waals surface area contributed by atoms with Crippen molar-refractivity contribution >= 4 is 41.5 Å². The van der Waals surface area contributed by atoms with Crippen molar-refractivity contribution in [1.82, 2.24) is 15.5 Å². The van der Waals surface area contributed by atoms with Crippen LogP contribution < -0.4 is 10.6 Å². The van der Waals surface area contributed by atoms with Gasteiger partial charge in [0.05, 0.1) is 19.8 Å². The number of rotatable bonds is 7. The molecule has 0 aromatic heterocycles. The molecule has 0 radical (unpaired) electrons. The summed E-state index contributed by atoms with van der Waals surface area (Å²) in [5, 5.41) is 7.52. The molecule has 0 atom stereocenters. The van der Waals surface area contributed by atoms with Gasteiger partial charge in [-0.25, -0.2) is 4.99 Å². The Morgan fingerprint density at radius 2 is 1.66 bits per heavy atom. The summed E-state index contributed by atoms with van der Waals surface area (Å²) in [6.45, 7) is 8.73. The Morgan fingerprint density at radius 3 is 2.34 bits per heavy atom. The monoisotopic (exact) mass is 528 g/mol. The second-order valence-electron chi connectivity index (χ2n) is 6.80. The second-order valence-corrected chi connectivity index (χ2v) is 7.20. The first-order valence-electron chi connectivity index (χ1n) is 9.88. The Labute approximate surface area is 195 Å². The minimum atomic E-state index is 0. The van der Waals surface area contributed by atoms with E-state index in [9.17, 15) is 0 Å². The molecule has 1 aliphatic heterocycles. The predicted molar refractivity (Wildman–Crippen MR) is 131 cm³/mol. The lowest BCUT2D eigenvalue weighted by atomic mass is 10.1. The van der Waals surface area contributed by atoms with Crippen LogP contribution in [-0.4, -0.2) is 43.7 Å². The van der Waals surface area contributed by atoms with Crippen molar-refractivity contribution in [3.63, 3.8) is 0 Å². The highest BCUT2D eigenvalue weighted by Gasteiger charge is 2.12. The smallest absolute Gasteiger partial charge is 0.191 e. The molecule has 0 bridgehead atoms. The van der Waals surface area contributed by atoms with Gasteiger partial charge in [-0.05, 0) is 29.7 Å². The van der Waals surface area contributed by atoms with Crippen LogP contribution in [-0.2, 0) is 24.4 Å². The Balaban J connectivity index is 0.00000300. The lowest BCUT2D eigenvalue weighted by molar-refractivity contribution is 0.0341. The summed E-state index contributed by atoms with van der Waals surface area (Å²) < 4.78 is 5.46. The highest BCUT2D eigenvalue weighted by atomic mass is 127. The summed E-state index contributed by atoms with van der Waals surface area (Å²) in [7, 11) is 0. The summed E-state index contributed by atoms with van der Waals surface area (Å²) in [5.41, 5.74) is 3.66. The van der Waals surface area contributed by atoms with Crippen LogP contribution in [0.1, 0.15) is 23.6 Å². The van der Waals surface area contributed by atoms with Crippen molar-refractivity contribution < 1.29 is 4.74 Å². The van der Waals surface area contributed by atoms with Crippen LogP contribution in [0.4, 0.5) is 0 Å². The van der Waals surface area contributed by atoms with Gasteiger partial charge in [-0.15, -0.1) is 24.0 Å². The van der Waals surface area contributed by atoms with E-state index in [0.717, 1.165) is 62.5 Å². The van der Waals surface area contributed by atoms with Crippen molar-refractivity contribution in [3.05, 3.63) is 70.2 Å². The van der Waals surface area contributed by atoms with Crippen molar-refractivity contribution in [3.8, 4) is 0 Å². The van der Waals surface area contributed by atoms with Gasteiger partial charge >= 0.3 is 0 Å². The van der Waals surface area contributed by atoms with Gasteiger partial charge in [0.25, 0.3) is 0 Å². The maximum Gasteiger partial charge on any atom is 0.191 e. The number of guanidine groups is 1. The lowest BCUT2D eigenvalue weighted by Crippen LogP contribution is -2.38. The molecule has 1 heterocycles. The molecular formula is C22H30ClIN4O. The molecule has 2 aromatic rings. The molecule has 0 spiro atoms. The molecule has 29 heavy (non-hydrogen) atoms. The van der Waals surface area contributed by atoms with E-state index in [1.165, 1.54) is 11.1 Å². The maximum absolute atomic E-state index is 6.25. The van der Waals surface area contributed by atoms with E-state index in [1.807, 2.05) is 24.3 Å². The van der Waals surface area contributed by atoms with E-state index in [1.54, 1.807) is 0 Å². The number of nitrogens with zero attached hydrogens (tertiary/aromatic N) is 2. The van der Waals surface area contributed by atoms with Crippen LogP contribution in [0.25, 0.3) is 0 Å². The number of hydrogen-bond acceptors (Lipinski definition) is 3. The zero-order valence-electron chi connectivity index (χ0n) is 16.9. The SMILES string of the molecule is CCNC(=NCc1ccccc1Cl)NCc1ccccc1CN1CCOCC1.I. The molecule has 1 aliphatic rings. The zero-order chi connectivity index (χ0) is 19.6. The van der Waals surface area contributed by atoms with Gasteiger partial charge < -0.3 is 15.4 Å². The van der Waals surface area contributed by atoms with Crippen LogP contribution in [0.2, 0.25) is 5.02 Å². The number of aliphatic imine (C=N–C) groups is 1. The van der Waals surface area contributed by atoms with Gasteiger partial charge in [0.1, 0.15) is 0 Å². The average molecular weight is 529 g/mol. The third kappa shape index (κ3) is 7.77. The molecule has 158 valence electrons. The van der Waals surface area contributed by atoms with Gasteiger partial charge in [-0.1, -0.05) is 54.1 Å². The highest BCUT2D eigenvalue weighted by Crippen LogP contribution is 2.16. The van der Waals surface area contributed by atoms with E-state index in [0.29, 0.717) is 6.54 Å². The number of nitrogens with one attached hydrogen (secondary N) is 2. The number of benzene rings is 2. The van der Waals surface area contributed by atoms with Crippen LogP contribution in [0.15, 0.2) is 53.5 Å². The first-order chi connectivity index (χ1) is 13.8. The van der Waals surface area contributed by atoms with Gasteiger partial charge in [-0.2, -0.15) is 0 Å². The average Bonchev–Trinajstić information content (AvgIpc) is 2.73. The first kappa shape index (κ1) is 23.9. The summed E-state index contributed by atoms with van der Waals surface area (Å²) in [6.07, 6.45) is 0. The summed E-state index contributed by atoms with van der Waals surface area (Å²) in [4.78, 5) is 7.13. The third-order valence-corrected chi connectivity index (χ3v) is 5.14. The minimum Gasteiger partial charge on any atom is -0.379 e. The molecular weight excluding hydrogens is 499 g/mol. The predicted octanol–water partition coefficient (Wildman–Crippen LogP) is 4.05. The molecule has 2 N–H and O–H groups in total. The van der Waals surface area contributed by atoms with E-state index >= 15 is 0 Å². The van der Waals surface area contributed by atoms with E-state index in [2.05, 4.69) is 51.7 Å². The fraction of sp³-hybridized carbons (Fsp3) is 0.409. The van der Waals surface area contributed by atoms with Gasteiger partial charge in [-0.3, -0.25) is 4.90 Å². The maximum atomic E-state index is 6.25. The standard InChI is InChI=1S/C22H29ClN4O.HI/c1-2-24-22(26-16-19-8-5-6-10-21(19)23)25-15-18-7-3-4-9-20(18)17-27-11-13-28-14-12-27;/h3-10H,2,11-17H2,1H3,(H2,24,25,26);1H. The summed E-state index contributed by atoms with van der Waals surface area (Å²) in [6, 6.07) is 16.4. The van der Waals surface area contributed by atoms with E-state index in [-0.39, 0.29) is 24.0 Å². The molecule has 3 rings (SSSR count). The quantitative estimate of drug-likeness (QED) is 0.324. The van der Waals surface area contributed by atoms with Gasteiger partial charge in [0, 0.05) is 37.7 Å². The molecule has 2 aromatic carbocycles. The second kappa shape index (κ2) is 13.1. The number of morpholine rings is 1. The van der Waals surface area contributed by atoms with Gasteiger partial charge in [0.15, 0.2) is 5.96 Å². The number of ether oxygens (including phenoxy) is 1. The molecule has 0 saturated carbocycles. The fourth-order valence-corrected chi connectivity index (χ4v) is 3.39. The molecule has 0 aliphatic carbocycles. The van der Waals surface area contributed by atoms with Crippen molar-refractivity contribution in [1.29, 1.82) is 0 Å². The highest BCUT2D eigenvalue weighted by molar-refractivity contribution is 14.0. The van der Waals surface area contributed by atoms with Crippen LogP contribution >= 0.6 is 35.6 Å². The van der Waals surface area contributed by atoms with Crippen molar-refractivity contribution in [2.75, 3.05) is 32.8 Å². The normalized spacial score (nSPS) is 14.9. The van der Waals surface area contributed by atoms with Crippen molar-refractivity contribution in [2.24, 2.45) is 4.99 Å². The zero-order valence-corrected chi connectivity index (χ0v) is 20.0. The topological polar surface area (TPSA) is 48.9 Å². The largest absolute Gasteiger partial charge is 0.379 e. The van der Waals surface area contributed by atoms with Crippen molar-refractivity contribution in [2.45, 2.75) is 26.6 Å². The summed E-state index contributed by atoms with van der Waals surface area (Å²) in [5.74, 6) is 0.795. The summed E-state index contributed by atoms with van der Waals surface area (Å²) >= 11 is 6.25. The van der Waals surface area contributed by atoms with E-state index in [4.69, 9.17) is 16.3 Å². The Kier molecular flexibility index (Phi) is 10.8. The lowest BCUT2D eigenvalue weighted by Gasteiger charge is -2.27. The fourth-order valence-electron chi connectivity index (χ4n) is 3.20. The Bertz CT molecular complexity index is 781. The molecule has 1 fully saturated rings.